The maximum atomic E-state index is 12.3. The van der Waals surface area contributed by atoms with Crippen LogP contribution >= 0.6 is 0 Å². The Morgan fingerprint density at radius 1 is 0.897 bits per heavy atom. The molecule has 0 saturated carbocycles. The van der Waals surface area contributed by atoms with Gasteiger partial charge in [-0.2, -0.15) is 0 Å². The molecule has 0 fully saturated rings. The number of nitrogens with zero attached hydrogens (tertiary/aromatic N) is 2. The Morgan fingerprint density at radius 3 is 2.38 bits per heavy atom. The Hall–Kier alpha value is -3.40. The molecule has 0 unspecified atom stereocenters. The number of rotatable bonds is 7. The van der Waals surface area contributed by atoms with E-state index in [0.29, 0.717) is 13.0 Å². The number of para-hydroxylation sites is 2. The van der Waals surface area contributed by atoms with Crippen molar-refractivity contribution >= 4 is 16.9 Å². The van der Waals surface area contributed by atoms with Crippen LogP contribution in [0.3, 0.4) is 0 Å². The average molecular weight is 383 g/mol. The zero-order valence-electron chi connectivity index (χ0n) is 16.6. The van der Waals surface area contributed by atoms with Crippen LogP contribution in [0.15, 0.2) is 78.9 Å². The molecule has 4 heteroatoms. The predicted octanol–water partition coefficient (Wildman–Crippen LogP) is 4.76. The molecule has 0 aliphatic rings. The van der Waals surface area contributed by atoms with E-state index >= 15 is 0 Å². The van der Waals surface area contributed by atoms with Crippen LogP contribution in [0.2, 0.25) is 0 Å². The van der Waals surface area contributed by atoms with Crippen LogP contribution in [0, 0.1) is 6.92 Å². The third kappa shape index (κ3) is 4.54. The second kappa shape index (κ2) is 8.74. The SMILES string of the molecule is Cc1nc2ccccc2n1CCCNC(=O)Cc1ccc(-c2ccccc2)cc1. The van der Waals surface area contributed by atoms with Gasteiger partial charge in [-0.1, -0.05) is 66.7 Å². The highest BCUT2D eigenvalue weighted by Gasteiger charge is 2.07. The minimum absolute atomic E-state index is 0.0599. The normalized spacial score (nSPS) is 10.9. The number of carbonyl (C=O) groups excluding carboxylic acids is 1. The molecule has 0 saturated heterocycles. The zero-order chi connectivity index (χ0) is 20.1. The topological polar surface area (TPSA) is 46.9 Å². The Labute approximate surface area is 171 Å². The number of nitrogens with one attached hydrogen (secondary N) is 1. The lowest BCUT2D eigenvalue weighted by atomic mass is 10.0. The van der Waals surface area contributed by atoms with E-state index in [2.05, 4.69) is 45.2 Å². The quantitative estimate of drug-likeness (QED) is 0.468. The molecule has 1 N–H and O–H groups in total. The van der Waals surface area contributed by atoms with E-state index in [1.165, 1.54) is 5.56 Å². The van der Waals surface area contributed by atoms with Crippen LogP contribution in [-0.4, -0.2) is 22.0 Å². The number of aromatic nitrogens is 2. The fourth-order valence-electron chi connectivity index (χ4n) is 3.64. The summed E-state index contributed by atoms with van der Waals surface area (Å²) in [6.45, 7) is 3.53. The van der Waals surface area contributed by atoms with Crippen molar-refractivity contribution in [1.29, 1.82) is 0 Å². The van der Waals surface area contributed by atoms with Gasteiger partial charge in [0.05, 0.1) is 17.5 Å². The number of benzene rings is 3. The zero-order valence-corrected chi connectivity index (χ0v) is 16.6. The number of amides is 1. The summed E-state index contributed by atoms with van der Waals surface area (Å²) in [5.74, 6) is 1.07. The van der Waals surface area contributed by atoms with Crippen LogP contribution in [0.5, 0.6) is 0 Å². The molecule has 1 heterocycles. The lowest BCUT2D eigenvalue weighted by Crippen LogP contribution is -2.26. The van der Waals surface area contributed by atoms with Crippen molar-refractivity contribution in [2.24, 2.45) is 0 Å². The first-order chi connectivity index (χ1) is 14.2. The molecule has 29 heavy (non-hydrogen) atoms. The molecule has 0 aliphatic carbocycles. The molecule has 0 spiro atoms. The van der Waals surface area contributed by atoms with Gasteiger partial charge < -0.3 is 9.88 Å². The van der Waals surface area contributed by atoms with E-state index in [0.717, 1.165) is 41.0 Å². The van der Waals surface area contributed by atoms with Gasteiger partial charge in [-0.15, -0.1) is 0 Å². The molecule has 4 nitrogen and oxygen atoms in total. The molecule has 4 rings (SSSR count). The molecule has 4 aromatic rings. The number of fused-ring (bicyclic) bond motifs is 1. The van der Waals surface area contributed by atoms with Crippen molar-refractivity contribution in [3.63, 3.8) is 0 Å². The number of hydrogen-bond donors (Lipinski definition) is 1. The summed E-state index contributed by atoms with van der Waals surface area (Å²) in [7, 11) is 0. The number of imidazole rings is 1. The number of carbonyl (C=O) groups is 1. The lowest BCUT2D eigenvalue weighted by molar-refractivity contribution is -0.120. The summed E-state index contributed by atoms with van der Waals surface area (Å²) >= 11 is 0. The van der Waals surface area contributed by atoms with Gasteiger partial charge in [0.1, 0.15) is 5.82 Å². The van der Waals surface area contributed by atoms with Gasteiger partial charge >= 0.3 is 0 Å². The van der Waals surface area contributed by atoms with Gasteiger partial charge in [0, 0.05) is 13.1 Å². The number of hydrogen-bond acceptors (Lipinski definition) is 2. The van der Waals surface area contributed by atoms with E-state index in [4.69, 9.17) is 0 Å². The van der Waals surface area contributed by atoms with Crippen LogP contribution in [-0.2, 0) is 17.8 Å². The Bertz CT molecular complexity index is 1100. The Morgan fingerprint density at radius 2 is 1.59 bits per heavy atom. The maximum absolute atomic E-state index is 12.3. The van der Waals surface area contributed by atoms with Gasteiger partial charge in [-0.05, 0) is 42.2 Å². The molecule has 1 amide bonds. The molecule has 0 aliphatic heterocycles. The van der Waals surface area contributed by atoms with Gasteiger partial charge in [-0.25, -0.2) is 4.98 Å². The Kier molecular flexibility index (Phi) is 5.71. The minimum atomic E-state index is 0.0599. The standard InChI is InChI=1S/C25H25N3O/c1-19-27-23-10-5-6-11-24(23)28(19)17-7-16-26-25(29)18-20-12-14-22(15-13-20)21-8-3-2-4-9-21/h2-6,8-15H,7,16-18H2,1H3,(H,26,29). The molecular formula is C25H25N3O. The highest BCUT2D eigenvalue weighted by molar-refractivity contribution is 5.79. The van der Waals surface area contributed by atoms with E-state index in [9.17, 15) is 4.79 Å². The Balaban J connectivity index is 1.26. The van der Waals surface area contributed by atoms with Crippen molar-refractivity contribution in [2.45, 2.75) is 26.3 Å². The van der Waals surface area contributed by atoms with Crippen LogP contribution in [0.4, 0.5) is 0 Å². The minimum Gasteiger partial charge on any atom is -0.356 e. The van der Waals surface area contributed by atoms with Crippen molar-refractivity contribution < 1.29 is 4.79 Å². The van der Waals surface area contributed by atoms with E-state index in [1.54, 1.807) is 0 Å². The van der Waals surface area contributed by atoms with E-state index in [-0.39, 0.29) is 5.91 Å². The van der Waals surface area contributed by atoms with E-state index in [1.807, 2.05) is 55.5 Å². The highest BCUT2D eigenvalue weighted by Crippen LogP contribution is 2.19. The fraction of sp³-hybridized carbons (Fsp3) is 0.200. The lowest BCUT2D eigenvalue weighted by Gasteiger charge is -2.09. The summed E-state index contributed by atoms with van der Waals surface area (Å²) in [4.78, 5) is 16.9. The first kappa shape index (κ1) is 18.9. The van der Waals surface area contributed by atoms with Crippen LogP contribution in [0.1, 0.15) is 17.8 Å². The summed E-state index contributed by atoms with van der Waals surface area (Å²) in [5, 5.41) is 3.03. The van der Waals surface area contributed by atoms with Crippen molar-refractivity contribution in [3.8, 4) is 11.1 Å². The first-order valence-electron chi connectivity index (χ1n) is 10.0. The van der Waals surface area contributed by atoms with Crippen LogP contribution < -0.4 is 5.32 Å². The van der Waals surface area contributed by atoms with Crippen molar-refractivity contribution in [2.75, 3.05) is 6.54 Å². The molecule has 0 radical (unpaired) electrons. The predicted molar refractivity (Wildman–Crippen MR) is 118 cm³/mol. The molecular weight excluding hydrogens is 358 g/mol. The van der Waals surface area contributed by atoms with Gasteiger partial charge in [0.15, 0.2) is 0 Å². The third-order valence-electron chi connectivity index (χ3n) is 5.15. The number of aryl methyl sites for hydroxylation is 2. The second-order valence-corrected chi connectivity index (χ2v) is 7.24. The second-order valence-electron chi connectivity index (χ2n) is 7.24. The molecule has 146 valence electrons. The molecule has 0 bridgehead atoms. The van der Waals surface area contributed by atoms with Gasteiger partial charge in [0.2, 0.25) is 5.91 Å². The summed E-state index contributed by atoms with van der Waals surface area (Å²) in [6.07, 6.45) is 1.28. The van der Waals surface area contributed by atoms with Crippen molar-refractivity contribution in [1.82, 2.24) is 14.9 Å². The van der Waals surface area contributed by atoms with Crippen LogP contribution in [0.25, 0.3) is 22.2 Å². The summed E-state index contributed by atoms with van der Waals surface area (Å²) in [5.41, 5.74) is 5.55. The van der Waals surface area contributed by atoms with E-state index < -0.39 is 0 Å². The van der Waals surface area contributed by atoms with Gasteiger partial charge in [0.25, 0.3) is 0 Å². The molecule has 1 aromatic heterocycles. The maximum Gasteiger partial charge on any atom is 0.224 e. The first-order valence-corrected chi connectivity index (χ1v) is 10.0. The van der Waals surface area contributed by atoms with Crippen molar-refractivity contribution in [3.05, 3.63) is 90.3 Å². The van der Waals surface area contributed by atoms with Gasteiger partial charge in [-0.3, -0.25) is 4.79 Å². The largest absolute Gasteiger partial charge is 0.356 e. The third-order valence-corrected chi connectivity index (χ3v) is 5.15. The summed E-state index contributed by atoms with van der Waals surface area (Å²) < 4.78 is 2.21. The smallest absolute Gasteiger partial charge is 0.224 e. The molecule has 3 aromatic carbocycles. The molecule has 0 atom stereocenters. The highest BCUT2D eigenvalue weighted by atomic mass is 16.1. The average Bonchev–Trinajstić information content (AvgIpc) is 3.07. The fourth-order valence-corrected chi connectivity index (χ4v) is 3.64. The summed E-state index contributed by atoms with van der Waals surface area (Å²) in [6, 6.07) is 26.6. The monoisotopic (exact) mass is 383 g/mol.